The van der Waals surface area contributed by atoms with Crippen molar-refractivity contribution in [3.05, 3.63) is 18.0 Å². The summed E-state index contributed by atoms with van der Waals surface area (Å²) in [7, 11) is 0. The first-order valence-electron chi connectivity index (χ1n) is 8.60. The highest BCUT2D eigenvalue weighted by atomic mass is 16.2. The van der Waals surface area contributed by atoms with Crippen molar-refractivity contribution >= 4 is 11.9 Å². The van der Waals surface area contributed by atoms with E-state index < -0.39 is 0 Å². The summed E-state index contributed by atoms with van der Waals surface area (Å²) in [6, 6.07) is 0. The Hall–Kier alpha value is -1.65. The second-order valence-corrected chi connectivity index (χ2v) is 6.67. The van der Waals surface area contributed by atoms with Gasteiger partial charge in [-0.1, -0.05) is 19.8 Å². The maximum absolute atomic E-state index is 12.5. The van der Waals surface area contributed by atoms with E-state index in [1.54, 1.807) is 12.4 Å². The number of carbonyl (C=O) groups is 1. The lowest BCUT2D eigenvalue weighted by molar-refractivity contribution is 0.0682. The van der Waals surface area contributed by atoms with Gasteiger partial charge in [0.25, 0.3) is 5.91 Å². The summed E-state index contributed by atoms with van der Waals surface area (Å²) in [5.74, 6) is 1.44. The normalized spacial score (nSPS) is 23.2. The molecule has 0 aromatic carbocycles. The minimum absolute atomic E-state index is 0.0777. The average molecular weight is 302 g/mol. The van der Waals surface area contributed by atoms with E-state index in [4.69, 9.17) is 0 Å². The summed E-state index contributed by atoms with van der Waals surface area (Å²) in [6.07, 6.45) is 10.7. The Balaban J connectivity index is 1.66. The lowest BCUT2D eigenvalue weighted by Crippen LogP contribution is -2.39. The van der Waals surface area contributed by atoms with Crippen molar-refractivity contribution in [1.82, 2.24) is 14.9 Å². The van der Waals surface area contributed by atoms with Crippen LogP contribution in [-0.4, -0.2) is 47.0 Å². The number of likely N-dealkylation sites (tertiary alicyclic amines) is 1. The Labute approximate surface area is 132 Å². The van der Waals surface area contributed by atoms with Gasteiger partial charge in [0.1, 0.15) is 0 Å². The molecule has 0 radical (unpaired) electrons. The van der Waals surface area contributed by atoms with Crippen molar-refractivity contribution < 1.29 is 4.79 Å². The first-order valence-corrected chi connectivity index (χ1v) is 8.60. The van der Waals surface area contributed by atoms with Crippen LogP contribution in [0.15, 0.2) is 12.4 Å². The smallest absolute Gasteiger partial charge is 0.257 e. The van der Waals surface area contributed by atoms with E-state index in [1.807, 2.05) is 4.90 Å². The molecule has 3 rings (SSSR count). The van der Waals surface area contributed by atoms with Crippen LogP contribution in [0.25, 0.3) is 0 Å². The maximum Gasteiger partial charge on any atom is 0.257 e. The summed E-state index contributed by atoms with van der Waals surface area (Å²) >= 11 is 0. The second kappa shape index (κ2) is 7.07. The van der Waals surface area contributed by atoms with Gasteiger partial charge >= 0.3 is 0 Å². The highest BCUT2D eigenvalue weighted by molar-refractivity contribution is 5.93. The van der Waals surface area contributed by atoms with Crippen LogP contribution in [0.3, 0.4) is 0 Å². The molecule has 2 aliphatic heterocycles. The van der Waals surface area contributed by atoms with E-state index in [9.17, 15) is 4.79 Å². The Morgan fingerprint density at radius 1 is 1.05 bits per heavy atom. The van der Waals surface area contributed by atoms with Gasteiger partial charge in [-0.2, -0.15) is 0 Å². The third kappa shape index (κ3) is 3.57. The molecular formula is C17H26N4O. The fourth-order valence-electron chi connectivity index (χ4n) is 3.42. The largest absolute Gasteiger partial charge is 0.341 e. The van der Waals surface area contributed by atoms with Gasteiger partial charge in [-0.25, -0.2) is 9.97 Å². The zero-order chi connectivity index (χ0) is 15.4. The molecule has 1 unspecified atom stereocenters. The maximum atomic E-state index is 12.5. The third-order valence-electron chi connectivity index (χ3n) is 4.72. The van der Waals surface area contributed by atoms with Gasteiger partial charge in [0.05, 0.1) is 5.56 Å². The highest BCUT2D eigenvalue weighted by Gasteiger charge is 2.23. The van der Waals surface area contributed by atoms with Crippen LogP contribution < -0.4 is 4.90 Å². The predicted molar refractivity (Wildman–Crippen MR) is 87.0 cm³/mol. The standard InChI is InChI=1S/C17H26N4O/c1-14-7-6-10-21(13-14)16(22)15-11-18-17(19-12-15)20-8-4-2-3-5-9-20/h11-12,14H,2-10,13H2,1H3. The lowest BCUT2D eigenvalue weighted by Gasteiger charge is -2.30. The average Bonchev–Trinajstić information content (AvgIpc) is 2.84. The summed E-state index contributed by atoms with van der Waals surface area (Å²) in [5, 5.41) is 0. The van der Waals surface area contributed by atoms with Gasteiger partial charge in [0.2, 0.25) is 5.95 Å². The zero-order valence-corrected chi connectivity index (χ0v) is 13.5. The zero-order valence-electron chi connectivity index (χ0n) is 13.5. The predicted octanol–water partition coefficient (Wildman–Crippen LogP) is 2.73. The number of rotatable bonds is 2. The number of hydrogen-bond donors (Lipinski definition) is 0. The first kappa shape index (κ1) is 15.3. The Morgan fingerprint density at radius 2 is 1.73 bits per heavy atom. The van der Waals surface area contributed by atoms with Gasteiger partial charge in [-0.15, -0.1) is 0 Å². The van der Waals surface area contributed by atoms with Gasteiger partial charge < -0.3 is 9.80 Å². The van der Waals surface area contributed by atoms with Crippen LogP contribution in [0.5, 0.6) is 0 Å². The number of carbonyl (C=O) groups excluding carboxylic acids is 1. The Kier molecular flexibility index (Phi) is 4.90. The number of anilines is 1. The lowest BCUT2D eigenvalue weighted by atomic mass is 10.00. The number of amides is 1. The quantitative estimate of drug-likeness (QED) is 0.843. The Morgan fingerprint density at radius 3 is 2.36 bits per heavy atom. The monoisotopic (exact) mass is 302 g/mol. The third-order valence-corrected chi connectivity index (χ3v) is 4.72. The fourth-order valence-corrected chi connectivity index (χ4v) is 3.42. The van der Waals surface area contributed by atoms with Crippen LogP contribution in [0, 0.1) is 5.92 Å². The van der Waals surface area contributed by atoms with Crippen LogP contribution in [0.4, 0.5) is 5.95 Å². The fraction of sp³-hybridized carbons (Fsp3) is 0.706. The molecular weight excluding hydrogens is 276 g/mol. The molecule has 3 heterocycles. The first-order chi connectivity index (χ1) is 10.7. The van der Waals surface area contributed by atoms with Crippen molar-refractivity contribution in [2.75, 3.05) is 31.1 Å². The summed E-state index contributed by atoms with van der Waals surface area (Å²) < 4.78 is 0. The molecule has 2 fully saturated rings. The highest BCUT2D eigenvalue weighted by Crippen LogP contribution is 2.19. The number of nitrogens with zero attached hydrogens (tertiary/aromatic N) is 4. The van der Waals surface area contributed by atoms with E-state index in [0.29, 0.717) is 11.5 Å². The number of hydrogen-bond acceptors (Lipinski definition) is 4. The van der Waals surface area contributed by atoms with E-state index >= 15 is 0 Å². The van der Waals surface area contributed by atoms with Crippen LogP contribution >= 0.6 is 0 Å². The molecule has 0 bridgehead atoms. The van der Waals surface area contributed by atoms with Crippen molar-refractivity contribution in [3.8, 4) is 0 Å². The van der Waals surface area contributed by atoms with Crippen molar-refractivity contribution in [2.45, 2.75) is 45.4 Å². The summed E-state index contributed by atoms with van der Waals surface area (Å²) in [5.41, 5.74) is 0.618. The number of aromatic nitrogens is 2. The molecule has 5 nitrogen and oxygen atoms in total. The van der Waals surface area contributed by atoms with Crippen LogP contribution in [0.1, 0.15) is 55.8 Å². The summed E-state index contributed by atoms with van der Waals surface area (Å²) in [6.45, 7) is 5.97. The topological polar surface area (TPSA) is 49.3 Å². The van der Waals surface area contributed by atoms with Crippen molar-refractivity contribution in [3.63, 3.8) is 0 Å². The molecule has 0 aliphatic carbocycles. The molecule has 0 N–H and O–H groups in total. The molecule has 22 heavy (non-hydrogen) atoms. The molecule has 1 atom stereocenters. The number of piperidine rings is 1. The molecule has 0 spiro atoms. The molecule has 1 amide bonds. The van der Waals surface area contributed by atoms with Crippen molar-refractivity contribution in [1.29, 1.82) is 0 Å². The van der Waals surface area contributed by atoms with E-state index in [-0.39, 0.29) is 5.91 Å². The van der Waals surface area contributed by atoms with Crippen LogP contribution in [-0.2, 0) is 0 Å². The molecule has 1 aromatic rings. The van der Waals surface area contributed by atoms with Gasteiger partial charge in [-0.05, 0) is 31.6 Å². The van der Waals surface area contributed by atoms with Crippen LogP contribution in [0.2, 0.25) is 0 Å². The molecule has 0 saturated carbocycles. The van der Waals surface area contributed by atoms with Gasteiger partial charge in [-0.3, -0.25) is 4.79 Å². The molecule has 5 heteroatoms. The Bertz CT molecular complexity index is 494. The van der Waals surface area contributed by atoms with Gasteiger partial charge in [0, 0.05) is 38.6 Å². The minimum atomic E-state index is 0.0777. The molecule has 120 valence electrons. The van der Waals surface area contributed by atoms with E-state index in [0.717, 1.165) is 38.5 Å². The summed E-state index contributed by atoms with van der Waals surface area (Å²) in [4.78, 5) is 25.6. The SMILES string of the molecule is CC1CCCN(C(=O)c2cnc(N3CCCCCC3)nc2)C1. The van der Waals surface area contributed by atoms with Gasteiger partial charge in [0.15, 0.2) is 0 Å². The molecule has 1 aromatic heterocycles. The minimum Gasteiger partial charge on any atom is -0.341 e. The van der Waals surface area contributed by atoms with Crippen molar-refractivity contribution in [2.24, 2.45) is 5.92 Å². The van der Waals surface area contributed by atoms with E-state index in [1.165, 1.54) is 32.1 Å². The molecule has 2 saturated heterocycles. The molecule has 2 aliphatic rings. The second-order valence-electron chi connectivity index (χ2n) is 6.67. The van der Waals surface area contributed by atoms with E-state index in [2.05, 4.69) is 21.8 Å².